The van der Waals surface area contributed by atoms with Crippen molar-refractivity contribution in [1.82, 2.24) is 9.78 Å². The summed E-state index contributed by atoms with van der Waals surface area (Å²) in [5.74, 6) is -1.64. The van der Waals surface area contributed by atoms with Gasteiger partial charge in [0.25, 0.3) is 0 Å². The first-order chi connectivity index (χ1) is 9.62. The van der Waals surface area contributed by atoms with Gasteiger partial charge in [-0.15, -0.1) is 0 Å². The molecule has 0 saturated carbocycles. The summed E-state index contributed by atoms with van der Waals surface area (Å²) in [6, 6.07) is 1.31. The predicted molar refractivity (Wildman–Crippen MR) is 70.0 cm³/mol. The second-order valence-electron chi connectivity index (χ2n) is 3.95. The zero-order valence-corrected chi connectivity index (χ0v) is 11.5. The number of hydrogen-bond donors (Lipinski definition) is 2. The third-order valence-electron chi connectivity index (χ3n) is 2.59. The first kappa shape index (κ1) is 15.5. The normalized spacial score (nSPS) is 11.7. The summed E-state index contributed by atoms with van der Waals surface area (Å²) < 4.78 is 38.8. The van der Waals surface area contributed by atoms with Crippen molar-refractivity contribution in [2.75, 3.05) is 5.73 Å². The van der Waals surface area contributed by atoms with Gasteiger partial charge in [-0.05, 0) is 12.1 Å². The molecule has 0 aliphatic heterocycles. The number of anilines is 1. The Hall–Kier alpha value is -1.93. The van der Waals surface area contributed by atoms with Crippen LogP contribution in [0.2, 0.25) is 10.0 Å². The first-order valence-electron chi connectivity index (χ1n) is 5.26. The molecule has 2 rings (SSSR count). The molecular weight excluding hydrogens is 334 g/mol. The summed E-state index contributed by atoms with van der Waals surface area (Å²) in [6.45, 7) is 0. The van der Waals surface area contributed by atoms with Crippen LogP contribution in [-0.2, 0) is 6.18 Å². The van der Waals surface area contributed by atoms with Crippen LogP contribution >= 0.6 is 23.2 Å². The molecule has 0 atom stereocenters. The monoisotopic (exact) mass is 339 g/mol. The van der Waals surface area contributed by atoms with Crippen LogP contribution in [0.3, 0.4) is 0 Å². The van der Waals surface area contributed by atoms with E-state index in [2.05, 4.69) is 5.10 Å². The van der Waals surface area contributed by atoms with E-state index >= 15 is 0 Å². The van der Waals surface area contributed by atoms with Crippen LogP contribution in [0.25, 0.3) is 5.69 Å². The topological polar surface area (TPSA) is 81.1 Å². The number of alkyl halides is 3. The van der Waals surface area contributed by atoms with Gasteiger partial charge in [0.1, 0.15) is 17.1 Å². The van der Waals surface area contributed by atoms with E-state index in [1.165, 1.54) is 0 Å². The minimum absolute atomic E-state index is 0.128. The number of nitrogen functional groups attached to an aromatic ring is 1. The predicted octanol–water partition coefficient (Wildman–Crippen LogP) is 3.48. The first-order valence-corrected chi connectivity index (χ1v) is 6.02. The Balaban J connectivity index is 2.63. The van der Waals surface area contributed by atoms with Gasteiger partial charge in [-0.3, -0.25) is 0 Å². The fourth-order valence-electron chi connectivity index (χ4n) is 1.63. The number of nitrogens with zero attached hydrogens (tertiary/aromatic N) is 2. The number of benzene rings is 1. The molecule has 0 spiro atoms. The maximum absolute atomic E-state index is 12.6. The number of carboxylic acids is 1. The molecule has 1 aromatic carbocycles. The molecule has 0 aliphatic carbocycles. The van der Waals surface area contributed by atoms with E-state index in [0.717, 1.165) is 10.9 Å². The Kier molecular flexibility index (Phi) is 3.77. The van der Waals surface area contributed by atoms with Crippen molar-refractivity contribution >= 4 is 35.0 Å². The van der Waals surface area contributed by atoms with Crippen LogP contribution in [0, 0.1) is 0 Å². The van der Waals surface area contributed by atoms with Gasteiger partial charge in [0.15, 0.2) is 0 Å². The van der Waals surface area contributed by atoms with Gasteiger partial charge in [0, 0.05) is 0 Å². The molecule has 112 valence electrons. The summed E-state index contributed by atoms with van der Waals surface area (Å²) >= 11 is 11.6. The summed E-state index contributed by atoms with van der Waals surface area (Å²) in [7, 11) is 0. The molecule has 1 aromatic heterocycles. The van der Waals surface area contributed by atoms with Crippen LogP contribution in [0.15, 0.2) is 18.3 Å². The van der Waals surface area contributed by atoms with Crippen molar-refractivity contribution in [1.29, 1.82) is 0 Å². The fraction of sp³-hybridized carbons (Fsp3) is 0.0909. The van der Waals surface area contributed by atoms with E-state index in [0.29, 0.717) is 12.1 Å². The highest BCUT2D eigenvalue weighted by Gasteiger charge is 2.32. The van der Waals surface area contributed by atoms with Crippen molar-refractivity contribution < 1.29 is 23.1 Å². The zero-order chi connectivity index (χ0) is 15.9. The van der Waals surface area contributed by atoms with E-state index in [9.17, 15) is 18.0 Å². The van der Waals surface area contributed by atoms with E-state index < -0.39 is 17.7 Å². The van der Waals surface area contributed by atoms with Crippen molar-refractivity contribution in [2.45, 2.75) is 6.18 Å². The summed E-state index contributed by atoms with van der Waals surface area (Å²) in [5.41, 5.74) is 4.10. The lowest BCUT2D eigenvalue weighted by molar-refractivity contribution is -0.137. The second kappa shape index (κ2) is 5.12. The number of nitrogens with two attached hydrogens (primary N) is 1. The van der Waals surface area contributed by atoms with Crippen molar-refractivity contribution in [3.05, 3.63) is 39.5 Å². The Labute approximate surface area is 125 Å². The quantitative estimate of drug-likeness (QED) is 0.877. The second-order valence-corrected chi connectivity index (χ2v) is 4.76. The smallest absolute Gasteiger partial charge is 0.416 e. The molecule has 1 heterocycles. The number of carboxylic acid groups (broad SMARTS) is 1. The summed E-state index contributed by atoms with van der Waals surface area (Å²) in [5, 5.41) is 11.8. The maximum atomic E-state index is 12.6. The van der Waals surface area contributed by atoms with Gasteiger partial charge in [-0.1, -0.05) is 23.2 Å². The molecule has 0 aliphatic rings. The van der Waals surface area contributed by atoms with E-state index in [1.807, 2.05) is 0 Å². The average molecular weight is 340 g/mol. The number of halogens is 5. The molecule has 5 nitrogen and oxygen atoms in total. The Morgan fingerprint density at radius 1 is 1.29 bits per heavy atom. The number of aromatic carboxylic acids is 1. The fourth-order valence-corrected chi connectivity index (χ4v) is 2.28. The van der Waals surface area contributed by atoms with Crippen LogP contribution in [0.4, 0.5) is 19.0 Å². The van der Waals surface area contributed by atoms with Crippen LogP contribution in [-0.4, -0.2) is 20.9 Å². The Morgan fingerprint density at radius 3 is 2.19 bits per heavy atom. The van der Waals surface area contributed by atoms with Gasteiger partial charge >= 0.3 is 12.1 Å². The van der Waals surface area contributed by atoms with Gasteiger partial charge < -0.3 is 10.8 Å². The van der Waals surface area contributed by atoms with Crippen molar-refractivity contribution in [2.24, 2.45) is 0 Å². The highest BCUT2D eigenvalue weighted by Crippen LogP contribution is 2.38. The van der Waals surface area contributed by atoms with Crippen LogP contribution in [0.1, 0.15) is 15.9 Å². The molecule has 0 bridgehead atoms. The lowest BCUT2D eigenvalue weighted by Gasteiger charge is -2.13. The number of carbonyl (C=O) groups is 1. The minimum Gasteiger partial charge on any atom is -0.477 e. The standard InChI is InChI=1S/C11H6Cl2F3N3O2/c12-6-1-4(11(14,15)16)2-7(13)8(6)19-9(17)5(3-18-19)10(20)21/h1-3H,17H2,(H,20,21). The van der Waals surface area contributed by atoms with E-state index in [1.54, 1.807) is 0 Å². The zero-order valence-electron chi connectivity index (χ0n) is 9.95. The van der Waals surface area contributed by atoms with Gasteiger partial charge in [0.05, 0.1) is 21.8 Å². The largest absolute Gasteiger partial charge is 0.477 e. The lowest BCUT2D eigenvalue weighted by Crippen LogP contribution is -2.09. The summed E-state index contributed by atoms with van der Waals surface area (Å²) in [6.07, 6.45) is -3.67. The third kappa shape index (κ3) is 2.77. The molecule has 10 heteroatoms. The van der Waals surface area contributed by atoms with Crippen molar-refractivity contribution in [3.8, 4) is 5.69 Å². The van der Waals surface area contributed by atoms with Gasteiger partial charge in [0.2, 0.25) is 0 Å². The molecule has 0 unspecified atom stereocenters. The van der Waals surface area contributed by atoms with Gasteiger partial charge in [-0.25, -0.2) is 9.48 Å². The summed E-state index contributed by atoms with van der Waals surface area (Å²) in [4.78, 5) is 10.9. The maximum Gasteiger partial charge on any atom is 0.416 e. The van der Waals surface area contributed by atoms with E-state index in [-0.39, 0.29) is 27.1 Å². The third-order valence-corrected chi connectivity index (χ3v) is 3.17. The molecule has 0 radical (unpaired) electrons. The highest BCUT2D eigenvalue weighted by atomic mass is 35.5. The molecule has 0 fully saturated rings. The molecule has 3 N–H and O–H groups in total. The number of aromatic nitrogens is 2. The van der Waals surface area contributed by atoms with Gasteiger partial charge in [-0.2, -0.15) is 18.3 Å². The average Bonchev–Trinajstić information content (AvgIpc) is 2.69. The molecular formula is C11H6Cl2F3N3O2. The van der Waals surface area contributed by atoms with Crippen LogP contribution < -0.4 is 5.73 Å². The lowest BCUT2D eigenvalue weighted by atomic mass is 10.2. The Bertz CT molecular complexity index is 705. The van der Waals surface area contributed by atoms with E-state index in [4.69, 9.17) is 34.0 Å². The molecule has 21 heavy (non-hydrogen) atoms. The molecule has 0 saturated heterocycles. The van der Waals surface area contributed by atoms with Crippen molar-refractivity contribution in [3.63, 3.8) is 0 Å². The molecule has 2 aromatic rings. The minimum atomic E-state index is -4.62. The Morgan fingerprint density at radius 2 is 1.81 bits per heavy atom. The SMILES string of the molecule is Nc1c(C(=O)O)cnn1-c1c(Cl)cc(C(F)(F)F)cc1Cl. The van der Waals surface area contributed by atoms with Crippen LogP contribution in [0.5, 0.6) is 0 Å². The number of hydrogen-bond acceptors (Lipinski definition) is 3. The number of rotatable bonds is 2. The molecule has 0 amide bonds. The highest BCUT2D eigenvalue weighted by molar-refractivity contribution is 6.38.